The van der Waals surface area contributed by atoms with E-state index in [4.69, 9.17) is 38.7 Å². The van der Waals surface area contributed by atoms with Gasteiger partial charge in [0.05, 0.1) is 33.6 Å². The minimum atomic E-state index is -0.506. The predicted octanol–water partition coefficient (Wildman–Crippen LogP) is 4.94. The number of phenolic OH excluding ortho intramolecular Hbond substituents is 1. The second kappa shape index (κ2) is 10.0. The average Bonchev–Trinajstić information content (AvgIpc) is 2.82. The molecule has 8 nitrogen and oxygen atoms in total. The normalized spacial score (nSPS) is 18.0. The topological polar surface area (TPSA) is 127 Å². The van der Waals surface area contributed by atoms with Crippen molar-refractivity contribution in [1.29, 1.82) is 0 Å². The smallest absolute Gasteiger partial charge is 0.341 e. The Morgan fingerprint density at radius 2 is 1.85 bits per heavy atom. The van der Waals surface area contributed by atoms with Crippen molar-refractivity contribution < 1.29 is 19.4 Å². The van der Waals surface area contributed by atoms with Gasteiger partial charge >= 0.3 is 5.97 Å². The van der Waals surface area contributed by atoms with E-state index in [0.29, 0.717) is 40.8 Å². The summed E-state index contributed by atoms with van der Waals surface area (Å²) in [5.74, 6) is -1.12. The summed E-state index contributed by atoms with van der Waals surface area (Å²) < 4.78 is 5.24. The van der Waals surface area contributed by atoms with Crippen LogP contribution in [0.25, 0.3) is 22.3 Å². The third-order valence-electron chi connectivity index (χ3n) is 6.00. The van der Waals surface area contributed by atoms with Crippen LogP contribution in [0.1, 0.15) is 43.0 Å². The number of amides is 1. The zero-order valence-corrected chi connectivity index (χ0v) is 20.0. The highest BCUT2D eigenvalue weighted by molar-refractivity contribution is 6.37. The molecule has 0 aliphatic heterocycles. The molecule has 3 aromatic rings. The first-order chi connectivity index (χ1) is 16.3. The number of nitrogens with one attached hydrogen (secondary N) is 1. The fourth-order valence-electron chi connectivity index (χ4n) is 4.18. The lowest BCUT2D eigenvalue weighted by Crippen LogP contribution is -2.33. The molecule has 34 heavy (non-hydrogen) atoms. The van der Waals surface area contributed by atoms with Gasteiger partial charge in [-0.15, -0.1) is 0 Å². The minimum absolute atomic E-state index is 0.0254. The lowest BCUT2D eigenvalue weighted by molar-refractivity contribution is -0.122. The Kier molecular flexibility index (Phi) is 7.09. The SMILES string of the molecule is CCOC(=O)c1cnc2ccc(-c3cc(Cl)c(O)c(Cl)c3)nc2c1NC1CCC(C(N)=O)CC1. The second-order valence-electron chi connectivity index (χ2n) is 8.22. The molecule has 178 valence electrons. The van der Waals surface area contributed by atoms with Crippen molar-refractivity contribution in [2.45, 2.75) is 38.6 Å². The Bertz CT molecular complexity index is 1240. The van der Waals surface area contributed by atoms with E-state index < -0.39 is 5.97 Å². The number of anilines is 1. The maximum Gasteiger partial charge on any atom is 0.341 e. The van der Waals surface area contributed by atoms with E-state index in [2.05, 4.69) is 10.3 Å². The van der Waals surface area contributed by atoms with Gasteiger partial charge in [0.1, 0.15) is 11.1 Å². The molecule has 4 N–H and O–H groups in total. The van der Waals surface area contributed by atoms with E-state index in [9.17, 15) is 14.7 Å². The molecule has 0 bridgehead atoms. The number of pyridine rings is 2. The molecule has 0 unspecified atom stereocenters. The molecule has 1 aliphatic carbocycles. The number of aromatic nitrogens is 2. The van der Waals surface area contributed by atoms with Crippen LogP contribution in [-0.2, 0) is 9.53 Å². The van der Waals surface area contributed by atoms with Gasteiger partial charge in [-0.1, -0.05) is 23.2 Å². The van der Waals surface area contributed by atoms with Gasteiger partial charge in [-0.3, -0.25) is 9.78 Å². The highest BCUT2D eigenvalue weighted by Crippen LogP contribution is 2.37. The number of hydrogen-bond donors (Lipinski definition) is 3. The number of halogens is 2. The number of fused-ring (bicyclic) bond motifs is 1. The Morgan fingerprint density at radius 3 is 2.47 bits per heavy atom. The standard InChI is InChI=1S/C24H24Cl2N4O4/c1-2-34-24(33)15-11-28-19-8-7-18(13-9-16(25)22(31)17(26)10-13)30-21(19)20(15)29-14-5-3-12(4-6-14)23(27)32/h7-12,14,31H,2-6H2,1H3,(H2,27,32)(H,28,29). The number of esters is 1. The predicted molar refractivity (Wildman–Crippen MR) is 131 cm³/mol. The molecular formula is C24H24Cl2N4O4. The van der Waals surface area contributed by atoms with Crippen LogP contribution in [0.15, 0.2) is 30.5 Å². The van der Waals surface area contributed by atoms with Gasteiger partial charge in [0.15, 0.2) is 5.75 Å². The summed E-state index contributed by atoms with van der Waals surface area (Å²) in [5.41, 5.74) is 8.47. The van der Waals surface area contributed by atoms with Crippen molar-refractivity contribution in [2.24, 2.45) is 11.7 Å². The van der Waals surface area contributed by atoms with Gasteiger partial charge in [0, 0.05) is 23.7 Å². The Morgan fingerprint density at radius 1 is 1.18 bits per heavy atom. The van der Waals surface area contributed by atoms with Crippen molar-refractivity contribution in [3.8, 4) is 17.0 Å². The molecule has 2 aromatic heterocycles. The number of hydrogen-bond acceptors (Lipinski definition) is 7. The molecule has 1 saturated carbocycles. The number of benzene rings is 1. The quantitative estimate of drug-likeness (QED) is 0.407. The first kappa shape index (κ1) is 24.0. The number of ether oxygens (including phenoxy) is 1. The Hall–Kier alpha value is -3.10. The summed E-state index contributed by atoms with van der Waals surface area (Å²) in [6, 6.07) is 6.71. The molecular weight excluding hydrogens is 479 g/mol. The van der Waals surface area contributed by atoms with E-state index in [1.807, 2.05) is 0 Å². The molecule has 4 rings (SSSR count). The van der Waals surface area contributed by atoms with E-state index in [-0.39, 0.29) is 45.8 Å². The van der Waals surface area contributed by atoms with E-state index in [0.717, 1.165) is 12.8 Å². The summed E-state index contributed by atoms with van der Waals surface area (Å²) in [7, 11) is 0. The maximum atomic E-state index is 12.7. The van der Waals surface area contributed by atoms with Crippen molar-refractivity contribution in [2.75, 3.05) is 11.9 Å². The highest BCUT2D eigenvalue weighted by atomic mass is 35.5. The van der Waals surface area contributed by atoms with Crippen molar-refractivity contribution in [3.63, 3.8) is 0 Å². The summed E-state index contributed by atoms with van der Waals surface area (Å²) in [6.07, 6.45) is 4.28. The van der Waals surface area contributed by atoms with E-state index in [1.54, 1.807) is 31.2 Å². The molecule has 2 heterocycles. The number of rotatable bonds is 6. The summed E-state index contributed by atoms with van der Waals surface area (Å²) in [6.45, 7) is 1.96. The van der Waals surface area contributed by atoms with Crippen LogP contribution >= 0.6 is 23.2 Å². The van der Waals surface area contributed by atoms with Crippen LogP contribution in [0.3, 0.4) is 0 Å². The number of carbonyl (C=O) groups is 2. The first-order valence-corrected chi connectivity index (χ1v) is 11.7. The minimum Gasteiger partial charge on any atom is -0.505 e. The second-order valence-corrected chi connectivity index (χ2v) is 9.03. The van der Waals surface area contributed by atoms with Crippen molar-refractivity contribution in [3.05, 3.63) is 46.1 Å². The number of carbonyl (C=O) groups excluding carboxylic acids is 2. The molecule has 1 amide bonds. The summed E-state index contributed by atoms with van der Waals surface area (Å²) in [4.78, 5) is 33.4. The third kappa shape index (κ3) is 4.88. The largest absolute Gasteiger partial charge is 0.505 e. The van der Waals surface area contributed by atoms with E-state index in [1.165, 1.54) is 6.20 Å². The van der Waals surface area contributed by atoms with Gasteiger partial charge in [0.25, 0.3) is 0 Å². The maximum absolute atomic E-state index is 12.7. The van der Waals surface area contributed by atoms with Crippen LogP contribution in [0.2, 0.25) is 10.0 Å². The number of nitrogens with two attached hydrogens (primary N) is 1. The third-order valence-corrected chi connectivity index (χ3v) is 6.58. The van der Waals surface area contributed by atoms with Gasteiger partial charge < -0.3 is 20.9 Å². The molecule has 1 aromatic carbocycles. The molecule has 1 aliphatic rings. The van der Waals surface area contributed by atoms with Crippen molar-refractivity contribution in [1.82, 2.24) is 9.97 Å². The van der Waals surface area contributed by atoms with Crippen LogP contribution < -0.4 is 11.1 Å². The zero-order chi connectivity index (χ0) is 24.4. The number of nitrogens with zero attached hydrogens (tertiary/aromatic N) is 2. The first-order valence-electron chi connectivity index (χ1n) is 11.0. The number of phenols is 1. The molecule has 0 saturated heterocycles. The average molecular weight is 503 g/mol. The summed E-state index contributed by atoms with van der Waals surface area (Å²) >= 11 is 12.2. The summed E-state index contributed by atoms with van der Waals surface area (Å²) in [5, 5.41) is 13.6. The van der Waals surface area contributed by atoms with E-state index >= 15 is 0 Å². The van der Waals surface area contributed by atoms with Crippen molar-refractivity contribution >= 4 is 51.8 Å². The fraction of sp³-hybridized carbons (Fsp3) is 0.333. The van der Waals surface area contributed by atoms with Crippen LogP contribution in [-0.4, -0.2) is 39.6 Å². The lowest BCUT2D eigenvalue weighted by Gasteiger charge is -2.29. The van der Waals surface area contributed by atoms with Gasteiger partial charge in [-0.25, -0.2) is 9.78 Å². The molecule has 10 heteroatoms. The Balaban J connectivity index is 1.78. The number of primary amides is 1. The fourth-order valence-corrected chi connectivity index (χ4v) is 4.66. The van der Waals surface area contributed by atoms with Crippen LogP contribution in [0, 0.1) is 5.92 Å². The van der Waals surface area contributed by atoms with Crippen LogP contribution in [0.4, 0.5) is 5.69 Å². The molecule has 0 radical (unpaired) electrons. The molecule has 0 spiro atoms. The highest BCUT2D eigenvalue weighted by Gasteiger charge is 2.27. The lowest BCUT2D eigenvalue weighted by atomic mass is 9.85. The zero-order valence-electron chi connectivity index (χ0n) is 18.5. The number of aromatic hydroxyl groups is 1. The van der Waals surface area contributed by atoms with Gasteiger partial charge in [0.2, 0.25) is 5.91 Å². The van der Waals surface area contributed by atoms with Gasteiger partial charge in [-0.05, 0) is 56.9 Å². The Labute approximate surface area is 206 Å². The molecule has 0 atom stereocenters. The van der Waals surface area contributed by atoms with Gasteiger partial charge in [-0.2, -0.15) is 0 Å². The monoisotopic (exact) mass is 502 g/mol. The molecule has 1 fully saturated rings. The van der Waals surface area contributed by atoms with Crippen LogP contribution in [0.5, 0.6) is 5.75 Å².